The van der Waals surface area contributed by atoms with Crippen LogP contribution in [0.1, 0.15) is 170 Å². The molecule has 0 aliphatic carbocycles. The molecule has 0 fully saturated rings. The van der Waals surface area contributed by atoms with Gasteiger partial charge in [0, 0.05) is 0 Å². The van der Waals surface area contributed by atoms with Gasteiger partial charge in [-0.3, -0.25) is 0 Å². The second kappa shape index (κ2) is 16.0. The van der Waals surface area contributed by atoms with E-state index < -0.39 is 34.7 Å². The summed E-state index contributed by atoms with van der Waals surface area (Å²) >= 11 is 0. The minimum atomic E-state index is -0.718. The van der Waals surface area contributed by atoms with Crippen molar-refractivity contribution in [3.05, 3.63) is 34.9 Å². The first-order chi connectivity index (χ1) is 18.2. The molecule has 0 heterocycles. The number of unbranched alkanes of at least 4 members (excludes halogenated alkanes) is 6. The van der Waals surface area contributed by atoms with Gasteiger partial charge in [-0.05, 0) is 98.3 Å². The van der Waals surface area contributed by atoms with Gasteiger partial charge in [-0.15, -0.1) is 0 Å². The van der Waals surface area contributed by atoms with Gasteiger partial charge < -0.3 is 14.2 Å². The van der Waals surface area contributed by atoms with Crippen LogP contribution in [0.15, 0.2) is 18.2 Å². The summed E-state index contributed by atoms with van der Waals surface area (Å²) < 4.78 is 17.5. The number of rotatable bonds is 18. The number of ether oxygens (including phenoxy) is 3. The highest BCUT2D eigenvalue weighted by Crippen LogP contribution is 2.27. The van der Waals surface area contributed by atoms with Crippen molar-refractivity contribution in [2.75, 3.05) is 0 Å². The Hall–Kier alpha value is -2.37. The lowest BCUT2D eigenvalue weighted by molar-refractivity contribution is -0.0105. The second-order valence-electron chi connectivity index (χ2n) is 12.6. The van der Waals surface area contributed by atoms with E-state index in [1.54, 1.807) is 0 Å². The molecular weight excluding hydrogens is 492 g/mol. The molecule has 39 heavy (non-hydrogen) atoms. The Morgan fingerprint density at radius 2 is 0.897 bits per heavy atom. The molecule has 1 rings (SSSR count). The van der Waals surface area contributed by atoms with Crippen LogP contribution < -0.4 is 0 Å². The first kappa shape index (κ1) is 34.7. The van der Waals surface area contributed by atoms with Gasteiger partial charge in [0.2, 0.25) is 0 Å². The summed E-state index contributed by atoms with van der Waals surface area (Å²) in [4.78, 5) is 39.8. The standard InChI is InChI=1S/C33H54O6/c1-10-13-16-21-31(4,5)37-28(34)25-19-20-26(29(35)38-32(6,7)22-17-14-11-2)27(24-25)30(36)39-33(8,9)23-18-15-12-3/h19-20,24H,10-18,21-23H2,1-9H3. The highest BCUT2D eigenvalue weighted by molar-refractivity contribution is 6.05. The Morgan fingerprint density at radius 1 is 0.538 bits per heavy atom. The minimum Gasteiger partial charge on any atom is -0.456 e. The van der Waals surface area contributed by atoms with E-state index in [9.17, 15) is 14.4 Å². The summed E-state index contributed by atoms with van der Waals surface area (Å²) in [5.41, 5.74) is -1.74. The molecule has 0 bridgehead atoms. The third-order valence-corrected chi connectivity index (χ3v) is 6.95. The highest BCUT2D eigenvalue weighted by atomic mass is 16.6. The Kier molecular flexibility index (Phi) is 14.2. The molecule has 0 spiro atoms. The SMILES string of the molecule is CCCCCC(C)(C)OC(=O)c1ccc(C(=O)OC(C)(C)CCCCC)c(C(=O)OC(C)(C)CCCCC)c1. The van der Waals surface area contributed by atoms with Crippen LogP contribution in [0.5, 0.6) is 0 Å². The zero-order valence-corrected chi connectivity index (χ0v) is 26.2. The maximum atomic E-state index is 13.4. The van der Waals surface area contributed by atoms with E-state index >= 15 is 0 Å². The molecule has 0 saturated carbocycles. The normalized spacial score (nSPS) is 12.2. The first-order valence-electron chi connectivity index (χ1n) is 15.0. The molecule has 6 nitrogen and oxygen atoms in total. The predicted molar refractivity (Wildman–Crippen MR) is 157 cm³/mol. The molecule has 0 aromatic heterocycles. The van der Waals surface area contributed by atoms with Gasteiger partial charge in [0.15, 0.2) is 0 Å². The molecular formula is C33H54O6. The summed E-state index contributed by atoms with van der Waals surface area (Å²) in [6.45, 7) is 17.6. The molecule has 0 aliphatic heterocycles. The van der Waals surface area contributed by atoms with Crippen LogP contribution in [0.25, 0.3) is 0 Å². The van der Waals surface area contributed by atoms with Crippen molar-refractivity contribution in [3.63, 3.8) is 0 Å². The quantitative estimate of drug-likeness (QED) is 0.104. The van der Waals surface area contributed by atoms with Crippen molar-refractivity contribution in [1.29, 1.82) is 0 Å². The summed E-state index contributed by atoms with van der Waals surface area (Å²) in [5.74, 6) is -1.79. The Balaban J connectivity index is 3.28. The van der Waals surface area contributed by atoms with E-state index in [2.05, 4.69) is 20.8 Å². The zero-order chi connectivity index (χ0) is 29.7. The lowest BCUT2D eigenvalue weighted by Gasteiger charge is -2.28. The third-order valence-electron chi connectivity index (χ3n) is 6.95. The molecule has 0 atom stereocenters. The van der Waals surface area contributed by atoms with E-state index in [0.29, 0.717) is 12.8 Å². The molecule has 222 valence electrons. The van der Waals surface area contributed by atoms with Crippen LogP contribution in [0.2, 0.25) is 0 Å². The smallest absolute Gasteiger partial charge is 0.339 e. The van der Waals surface area contributed by atoms with E-state index in [1.165, 1.54) is 18.2 Å². The predicted octanol–water partition coefficient (Wildman–Crippen LogP) is 9.23. The van der Waals surface area contributed by atoms with Crippen LogP contribution >= 0.6 is 0 Å². The lowest BCUT2D eigenvalue weighted by Crippen LogP contribution is -2.31. The van der Waals surface area contributed by atoms with Gasteiger partial charge in [-0.2, -0.15) is 0 Å². The van der Waals surface area contributed by atoms with Crippen LogP contribution in [0, 0.1) is 0 Å². The number of carbonyl (C=O) groups is 3. The first-order valence-corrected chi connectivity index (χ1v) is 15.0. The Labute approximate surface area is 237 Å². The van der Waals surface area contributed by atoms with Gasteiger partial charge in [-0.25, -0.2) is 14.4 Å². The van der Waals surface area contributed by atoms with Crippen molar-refractivity contribution >= 4 is 17.9 Å². The monoisotopic (exact) mass is 546 g/mol. The number of carbonyl (C=O) groups excluding carboxylic acids is 3. The summed E-state index contributed by atoms with van der Waals surface area (Å²) in [6.07, 6.45) is 11.4. The average Bonchev–Trinajstić information content (AvgIpc) is 2.83. The van der Waals surface area contributed by atoms with Crippen molar-refractivity contribution in [2.24, 2.45) is 0 Å². The van der Waals surface area contributed by atoms with E-state index in [4.69, 9.17) is 14.2 Å². The van der Waals surface area contributed by atoms with Crippen LogP contribution in [-0.2, 0) is 14.2 Å². The fourth-order valence-electron chi connectivity index (χ4n) is 4.50. The maximum absolute atomic E-state index is 13.4. The Bertz CT molecular complexity index is 928. The molecule has 0 unspecified atom stereocenters. The fourth-order valence-corrected chi connectivity index (χ4v) is 4.50. The highest BCUT2D eigenvalue weighted by Gasteiger charge is 2.31. The number of hydrogen-bond donors (Lipinski definition) is 0. The molecule has 0 amide bonds. The lowest BCUT2D eigenvalue weighted by atomic mass is 9.98. The van der Waals surface area contributed by atoms with Crippen molar-refractivity contribution in [3.8, 4) is 0 Å². The van der Waals surface area contributed by atoms with Crippen LogP contribution in [0.4, 0.5) is 0 Å². The van der Waals surface area contributed by atoms with Gasteiger partial charge in [-0.1, -0.05) is 59.3 Å². The molecule has 0 radical (unpaired) electrons. The Morgan fingerprint density at radius 3 is 1.28 bits per heavy atom. The maximum Gasteiger partial charge on any atom is 0.339 e. The van der Waals surface area contributed by atoms with E-state index in [0.717, 1.165) is 64.2 Å². The average molecular weight is 547 g/mol. The van der Waals surface area contributed by atoms with Gasteiger partial charge in [0.05, 0.1) is 16.7 Å². The van der Waals surface area contributed by atoms with E-state index in [-0.39, 0.29) is 16.7 Å². The number of esters is 3. The largest absolute Gasteiger partial charge is 0.456 e. The minimum absolute atomic E-state index is 0.0196. The number of hydrogen-bond acceptors (Lipinski definition) is 6. The van der Waals surface area contributed by atoms with E-state index in [1.807, 2.05) is 41.5 Å². The van der Waals surface area contributed by atoms with Gasteiger partial charge in [0.25, 0.3) is 0 Å². The molecule has 0 saturated heterocycles. The molecule has 0 aliphatic rings. The summed E-state index contributed by atoms with van der Waals surface area (Å²) in [7, 11) is 0. The van der Waals surface area contributed by atoms with Gasteiger partial charge in [0.1, 0.15) is 16.8 Å². The third kappa shape index (κ3) is 13.0. The molecule has 0 N–H and O–H groups in total. The fraction of sp³-hybridized carbons (Fsp3) is 0.727. The number of benzene rings is 1. The van der Waals surface area contributed by atoms with Crippen molar-refractivity contribution in [1.82, 2.24) is 0 Å². The zero-order valence-electron chi connectivity index (χ0n) is 26.2. The van der Waals surface area contributed by atoms with Crippen LogP contribution in [-0.4, -0.2) is 34.7 Å². The van der Waals surface area contributed by atoms with Gasteiger partial charge >= 0.3 is 17.9 Å². The topological polar surface area (TPSA) is 78.9 Å². The molecule has 1 aromatic carbocycles. The summed E-state index contributed by atoms with van der Waals surface area (Å²) in [5, 5.41) is 0. The van der Waals surface area contributed by atoms with Crippen LogP contribution in [0.3, 0.4) is 0 Å². The van der Waals surface area contributed by atoms with Crippen molar-refractivity contribution in [2.45, 2.75) is 156 Å². The second-order valence-corrected chi connectivity index (χ2v) is 12.6. The molecule has 1 aromatic rings. The van der Waals surface area contributed by atoms with Crippen molar-refractivity contribution < 1.29 is 28.6 Å². The summed E-state index contributed by atoms with van der Waals surface area (Å²) in [6, 6.07) is 4.41. The molecule has 6 heteroatoms.